The molecular weight excluding hydrogens is 362 g/mol. The molecule has 0 aliphatic rings. The highest BCUT2D eigenvalue weighted by molar-refractivity contribution is 7.15. The summed E-state index contributed by atoms with van der Waals surface area (Å²) in [6, 6.07) is 3.45. The number of carbonyl (C=O) groups is 1. The van der Waals surface area contributed by atoms with E-state index in [1.165, 1.54) is 30.8 Å². The van der Waals surface area contributed by atoms with E-state index in [9.17, 15) is 4.79 Å². The fourth-order valence-corrected chi connectivity index (χ4v) is 3.01. The Hall–Kier alpha value is -2.58. The number of carbonyl (C=O) groups excluding carboxylic acids is 1. The molecule has 0 saturated heterocycles. The lowest BCUT2D eigenvalue weighted by molar-refractivity contribution is 0.102. The maximum atomic E-state index is 12.7. The number of aryl methyl sites for hydroxylation is 2. The smallest absolute Gasteiger partial charge is 0.259 e. The minimum absolute atomic E-state index is 0.302. The molecule has 7 nitrogen and oxygen atoms in total. The third-order valence-corrected chi connectivity index (χ3v) is 4.34. The van der Waals surface area contributed by atoms with Crippen molar-refractivity contribution in [3.63, 3.8) is 0 Å². The molecule has 0 bridgehead atoms. The predicted octanol–water partition coefficient (Wildman–Crippen LogP) is 3.53. The van der Waals surface area contributed by atoms with Gasteiger partial charge in [-0.15, -0.1) is 10.2 Å². The Balaban J connectivity index is 2.07. The molecule has 1 N–H and O–H groups in total. The van der Waals surface area contributed by atoms with Crippen molar-refractivity contribution in [2.45, 2.75) is 13.8 Å². The molecule has 0 aromatic carbocycles. The number of nitrogens with zero attached hydrogens (tertiary/aromatic N) is 4. The number of methoxy groups -OCH3 is 1. The van der Waals surface area contributed by atoms with Crippen molar-refractivity contribution < 1.29 is 9.53 Å². The van der Waals surface area contributed by atoms with Gasteiger partial charge in [-0.1, -0.05) is 22.9 Å². The summed E-state index contributed by atoms with van der Waals surface area (Å²) in [6.45, 7) is 3.66. The van der Waals surface area contributed by atoms with Gasteiger partial charge in [0.2, 0.25) is 5.13 Å². The van der Waals surface area contributed by atoms with Crippen molar-refractivity contribution >= 4 is 34.0 Å². The first-order valence-corrected chi connectivity index (χ1v) is 8.45. The number of halogens is 1. The number of hydrogen-bond acceptors (Lipinski definition) is 7. The Morgan fingerprint density at radius 2 is 1.96 bits per heavy atom. The van der Waals surface area contributed by atoms with Crippen LogP contribution in [0.5, 0.6) is 5.75 Å². The second-order valence-corrected chi connectivity index (χ2v) is 6.73. The van der Waals surface area contributed by atoms with Crippen LogP contribution in [0.4, 0.5) is 5.13 Å². The number of hydrogen-bond donors (Lipinski definition) is 1. The van der Waals surface area contributed by atoms with Gasteiger partial charge in [0.15, 0.2) is 0 Å². The number of nitrogens with one attached hydrogen (secondary N) is 1. The molecular formula is C16H14ClN5O2S. The third kappa shape index (κ3) is 3.75. The summed E-state index contributed by atoms with van der Waals surface area (Å²) in [5.74, 6) is 0.171. The molecule has 3 aromatic rings. The summed E-state index contributed by atoms with van der Waals surface area (Å²) < 4.78 is 5.36. The van der Waals surface area contributed by atoms with Crippen LogP contribution < -0.4 is 10.1 Å². The van der Waals surface area contributed by atoms with Gasteiger partial charge < -0.3 is 4.74 Å². The van der Waals surface area contributed by atoms with Crippen LogP contribution in [-0.4, -0.2) is 33.2 Å². The third-order valence-electron chi connectivity index (χ3n) is 3.38. The van der Waals surface area contributed by atoms with Gasteiger partial charge in [-0.25, -0.2) is 4.98 Å². The average Bonchev–Trinajstić information content (AvgIpc) is 2.99. The van der Waals surface area contributed by atoms with Crippen molar-refractivity contribution in [2.75, 3.05) is 12.4 Å². The minimum Gasteiger partial charge on any atom is -0.494 e. The van der Waals surface area contributed by atoms with Crippen LogP contribution in [-0.2, 0) is 0 Å². The van der Waals surface area contributed by atoms with Crippen LogP contribution in [0.15, 0.2) is 24.5 Å². The molecule has 25 heavy (non-hydrogen) atoms. The quantitative estimate of drug-likeness (QED) is 0.701. The Kier molecular flexibility index (Phi) is 4.91. The monoisotopic (exact) mass is 375 g/mol. The summed E-state index contributed by atoms with van der Waals surface area (Å²) in [5, 5.41) is 12.0. The predicted molar refractivity (Wildman–Crippen MR) is 96.4 cm³/mol. The SMILES string of the molecule is COc1cnc(Cl)cc1-c1cc(C)ncc1C(=O)Nc1nnc(C)s1. The Labute approximate surface area is 153 Å². The van der Waals surface area contributed by atoms with E-state index in [0.29, 0.717) is 32.7 Å². The van der Waals surface area contributed by atoms with Gasteiger partial charge in [0.1, 0.15) is 15.9 Å². The average molecular weight is 376 g/mol. The second kappa shape index (κ2) is 7.12. The van der Waals surface area contributed by atoms with E-state index in [2.05, 4.69) is 25.5 Å². The highest BCUT2D eigenvalue weighted by Crippen LogP contribution is 2.34. The van der Waals surface area contributed by atoms with Gasteiger partial charge >= 0.3 is 0 Å². The summed E-state index contributed by atoms with van der Waals surface area (Å²) >= 11 is 7.32. The number of rotatable bonds is 4. The van der Waals surface area contributed by atoms with Gasteiger partial charge in [0, 0.05) is 23.0 Å². The highest BCUT2D eigenvalue weighted by Gasteiger charge is 2.19. The van der Waals surface area contributed by atoms with Crippen molar-refractivity contribution in [2.24, 2.45) is 0 Å². The van der Waals surface area contributed by atoms with Crippen molar-refractivity contribution in [1.29, 1.82) is 0 Å². The molecule has 3 aromatic heterocycles. The van der Waals surface area contributed by atoms with Gasteiger partial charge in [-0.05, 0) is 26.0 Å². The van der Waals surface area contributed by atoms with E-state index in [0.717, 1.165) is 10.7 Å². The molecule has 0 atom stereocenters. The van der Waals surface area contributed by atoms with Crippen LogP contribution in [0.2, 0.25) is 5.15 Å². The van der Waals surface area contributed by atoms with Crippen LogP contribution in [0.1, 0.15) is 21.1 Å². The molecule has 9 heteroatoms. The molecule has 1 amide bonds. The number of aromatic nitrogens is 4. The maximum Gasteiger partial charge on any atom is 0.259 e. The lowest BCUT2D eigenvalue weighted by Crippen LogP contribution is -2.14. The first-order valence-electron chi connectivity index (χ1n) is 7.26. The normalized spacial score (nSPS) is 10.6. The number of pyridine rings is 2. The Morgan fingerprint density at radius 3 is 2.64 bits per heavy atom. The van der Waals surface area contributed by atoms with Crippen LogP contribution in [0.25, 0.3) is 11.1 Å². The molecule has 0 fully saturated rings. The summed E-state index contributed by atoms with van der Waals surface area (Å²) in [4.78, 5) is 21.0. The largest absolute Gasteiger partial charge is 0.494 e. The zero-order valence-corrected chi connectivity index (χ0v) is 15.3. The minimum atomic E-state index is -0.339. The first kappa shape index (κ1) is 17.2. The molecule has 0 unspecified atom stereocenters. The van der Waals surface area contributed by atoms with Gasteiger partial charge in [0.05, 0.1) is 18.9 Å². The van der Waals surface area contributed by atoms with E-state index in [4.69, 9.17) is 16.3 Å². The van der Waals surface area contributed by atoms with E-state index >= 15 is 0 Å². The second-order valence-electron chi connectivity index (χ2n) is 5.16. The molecule has 3 rings (SSSR count). The zero-order chi connectivity index (χ0) is 18.0. The standard InChI is InChI=1S/C16H14ClN5O2S/c1-8-4-10(11-5-14(17)19-7-13(11)24-3)12(6-18-8)15(23)20-16-22-21-9(2)25-16/h4-7H,1-3H3,(H,20,22,23). The van der Waals surface area contributed by atoms with Gasteiger partial charge in [-0.3, -0.25) is 15.1 Å². The molecule has 0 spiro atoms. The topological polar surface area (TPSA) is 89.9 Å². The molecule has 3 heterocycles. The molecule has 0 aliphatic heterocycles. The van der Waals surface area contributed by atoms with Gasteiger partial charge in [0.25, 0.3) is 5.91 Å². The summed E-state index contributed by atoms with van der Waals surface area (Å²) in [5.41, 5.74) is 2.44. The van der Waals surface area contributed by atoms with Crippen molar-refractivity contribution in [3.05, 3.63) is 45.9 Å². The van der Waals surface area contributed by atoms with E-state index in [-0.39, 0.29) is 5.91 Å². The zero-order valence-electron chi connectivity index (χ0n) is 13.7. The van der Waals surface area contributed by atoms with Crippen LogP contribution in [0, 0.1) is 13.8 Å². The van der Waals surface area contributed by atoms with E-state index < -0.39 is 0 Å². The Morgan fingerprint density at radius 1 is 1.16 bits per heavy atom. The molecule has 0 radical (unpaired) electrons. The summed E-state index contributed by atoms with van der Waals surface area (Å²) in [6.07, 6.45) is 3.03. The Bertz CT molecular complexity index is 944. The molecule has 128 valence electrons. The first-order chi connectivity index (χ1) is 12.0. The van der Waals surface area contributed by atoms with Crippen LogP contribution in [0.3, 0.4) is 0 Å². The van der Waals surface area contributed by atoms with Crippen molar-refractivity contribution in [3.8, 4) is 16.9 Å². The molecule has 0 saturated carbocycles. The van der Waals surface area contributed by atoms with E-state index in [1.807, 2.05) is 13.8 Å². The lowest BCUT2D eigenvalue weighted by atomic mass is 10.0. The summed E-state index contributed by atoms with van der Waals surface area (Å²) in [7, 11) is 1.53. The molecule has 0 aliphatic carbocycles. The number of amides is 1. The number of anilines is 1. The number of ether oxygens (including phenoxy) is 1. The van der Waals surface area contributed by atoms with Crippen LogP contribution >= 0.6 is 22.9 Å². The fourth-order valence-electron chi connectivity index (χ4n) is 2.27. The highest BCUT2D eigenvalue weighted by atomic mass is 35.5. The lowest BCUT2D eigenvalue weighted by Gasteiger charge is -2.13. The van der Waals surface area contributed by atoms with Gasteiger partial charge in [-0.2, -0.15) is 0 Å². The fraction of sp³-hybridized carbons (Fsp3) is 0.188. The maximum absolute atomic E-state index is 12.7. The van der Waals surface area contributed by atoms with E-state index in [1.54, 1.807) is 12.1 Å². The van der Waals surface area contributed by atoms with Crippen molar-refractivity contribution in [1.82, 2.24) is 20.2 Å².